The number of hydrogen-bond acceptors (Lipinski definition) is 4. The molecule has 3 aliphatic heterocycles. The van der Waals surface area contributed by atoms with E-state index in [9.17, 15) is 4.79 Å². The number of carbonyl (C=O) groups is 1. The highest BCUT2D eigenvalue weighted by molar-refractivity contribution is 5.75. The molecule has 2 saturated heterocycles. The molecule has 6 heteroatoms. The number of urea groups is 1. The molecule has 0 radical (unpaired) electrons. The Bertz CT molecular complexity index is 744. The van der Waals surface area contributed by atoms with Crippen molar-refractivity contribution < 1.29 is 9.53 Å². The Labute approximate surface area is 175 Å². The molecule has 0 bridgehead atoms. The molecule has 2 amide bonds. The van der Waals surface area contributed by atoms with Gasteiger partial charge >= 0.3 is 6.03 Å². The highest BCUT2D eigenvalue weighted by atomic mass is 16.5. The van der Waals surface area contributed by atoms with Gasteiger partial charge in [0.1, 0.15) is 0 Å². The van der Waals surface area contributed by atoms with Crippen LogP contribution in [0.4, 0.5) is 4.79 Å². The van der Waals surface area contributed by atoms with Crippen LogP contribution >= 0.6 is 0 Å². The largest absolute Gasteiger partial charge is 0.378 e. The maximum absolute atomic E-state index is 13.2. The first-order valence-electron chi connectivity index (χ1n) is 11.0. The molecule has 29 heavy (non-hydrogen) atoms. The first-order chi connectivity index (χ1) is 13.8. The van der Waals surface area contributed by atoms with Gasteiger partial charge in [-0.15, -0.1) is 0 Å². The first-order valence-corrected chi connectivity index (χ1v) is 11.0. The fourth-order valence-corrected chi connectivity index (χ4v) is 4.57. The van der Waals surface area contributed by atoms with Crippen molar-refractivity contribution in [1.29, 1.82) is 0 Å². The van der Waals surface area contributed by atoms with Crippen molar-refractivity contribution in [3.8, 4) is 0 Å². The summed E-state index contributed by atoms with van der Waals surface area (Å²) in [6, 6.07) is 5.13. The maximum atomic E-state index is 13.2. The van der Waals surface area contributed by atoms with Crippen molar-refractivity contribution in [2.75, 3.05) is 59.5 Å². The monoisotopic (exact) mass is 400 g/mol. The third kappa shape index (κ3) is 4.44. The standard InChI is InChI=1S/C23H36N4O2/c1-23(2,3)18-13-17-5-7-27(22(28)26-10-8-25(4)9-11-26)15-20(17)19(14-18)21-16-29-12-6-24-21/h13-14,21,24H,5-12,15-16H2,1-4H3/t21-/m0/s1. The van der Waals surface area contributed by atoms with Gasteiger partial charge in [-0.05, 0) is 41.1 Å². The zero-order chi connectivity index (χ0) is 20.6. The maximum Gasteiger partial charge on any atom is 0.320 e. The van der Waals surface area contributed by atoms with Crippen molar-refractivity contribution in [3.05, 3.63) is 34.4 Å². The fraction of sp³-hybridized carbons (Fsp3) is 0.696. The van der Waals surface area contributed by atoms with Gasteiger partial charge in [0.15, 0.2) is 0 Å². The summed E-state index contributed by atoms with van der Waals surface area (Å²) in [6.07, 6.45) is 0.930. The highest BCUT2D eigenvalue weighted by Gasteiger charge is 2.31. The van der Waals surface area contributed by atoms with Gasteiger partial charge in [0, 0.05) is 45.8 Å². The van der Waals surface area contributed by atoms with Gasteiger partial charge in [-0.1, -0.05) is 32.9 Å². The third-order valence-corrected chi connectivity index (χ3v) is 6.58. The second kappa shape index (κ2) is 8.25. The molecule has 2 fully saturated rings. The summed E-state index contributed by atoms with van der Waals surface area (Å²) in [5.74, 6) is 0. The number of fused-ring (bicyclic) bond motifs is 1. The second-order valence-electron chi connectivity index (χ2n) is 9.78. The number of hydrogen-bond donors (Lipinski definition) is 1. The van der Waals surface area contributed by atoms with E-state index in [0.29, 0.717) is 13.2 Å². The van der Waals surface area contributed by atoms with E-state index in [1.165, 1.54) is 22.3 Å². The quantitative estimate of drug-likeness (QED) is 0.786. The number of benzene rings is 1. The summed E-state index contributed by atoms with van der Waals surface area (Å²) in [6.45, 7) is 14.2. The third-order valence-electron chi connectivity index (χ3n) is 6.58. The van der Waals surface area contributed by atoms with Crippen molar-refractivity contribution >= 4 is 6.03 Å². The zero-order valence-electron chi connectivity index (χ0n) is 18.5. The molecule has 4 rings (SSSR count). The van der Waals surface area contributed by atoms with Crippen LogP contribution in [0.5, 0.6) is 0 Å². The van der Waals surface area contributed by atoms with Gasteiger partial charge < -0.3 is 24.8 Å². The summed E-state index contributed by atoms with van der Waals surface area (Å²) in [5.41, 5.74) is 5.53. The molecule has 1 aromatic carbocycles. The Morgan fingerprint density at radius 1 is 1.10 bits per heavy atom. The summed E-state index contributed by atoms with van der Waals surface area (Å²) < 4.78 is 5.78. The van der Waals surface area contributed by atoms with Gasteiger partial charge in [-0.25, -0.2) is 4.79 Å². The number of piperazine rings is 1. The predicted octanol–water partition coefficient (Wildman–Crippen LogP) is 2.37. The van der Waals surface area contributed by atoms with Crippen LogP contribution < -0.4 is 5.32 Å². The Morgan fingerprint density at radius 3 is 2.52 bits per heavy atom. The van der Waals surface area contributed by atoms with Crippen molar-refractivity contribution in [1.82, 2.24) is 20.0 Å². The number of morpholine rings is 1. The lowest BCUT2D eigenvalue weighted by atomic mass is 9.80. The smallest absolute Gasteiger partial charge is 0.320 e. The molecule has 0 spiro atoms. The molecule has 3 aliphatic rings. The van der Waals surface area contributed by atoms with Crippen LogP contribution in [0.2, 0.25) is 0 Å². The molecule has 1 atom stereocenters. The number of carbonyl (C=O) groups excluding carboxylic acids is 1. The molecule has 0 aromatic heterocycles. The number of amides is 2. The number of ether oxygens (including phenoxy) is 1. The number of nitrogens with one attached hydrogen (secondary N) is 1. The molecule has 6 nitrogen and oxygen atoms in total. The van der Waals surface area contributed by atoms with Gasteiger partial charge in [0.2, 0.25) is 0 Å². The summed E-state index contributed by atoms with van der Waals surface area (Å²) in [4.78, 5) is 19.5. The van der Waals surface area contributed by atoms with Gasteiger partial charge in [0.25, 0.3) is 0 Å². The van der Waals surface area contributed by atoms with Crippen LogP contribution in [0.3, 0.4) is 0 Å². The van der Waals surface area contributed by atoms with Gasteiger partial charge in [-0.3, -0.25) is 0 Å². The van der Waals surface area contributed by atoms with E-state index in [0.717, 1.165) is 52.3 Å². The lowest BCUT2D eigenvalue weighted by Gasteiger charge is -2.39. The van der Waals surface area contributed by atoms with E-state index >= 15 is 0 Å². The average molecular weight is 401 g/mol. The van der Waals surface area contributed by atoms with Crippen LogP contribution in [0, 0.1) is 0 Å². The molecule has 1 aromatic rings. The van der Waals surface area contributed by atoms with E-state index in [2.05, 4.69) is 55.1 Å². The van der Waals surface area contributed by atoms with E-state index in [4.69, 9.17) is 4.74 Å². The normalized spacial score (nSPS) is 23.8. The number of likely N-dealkylation sites (N-methyl/N-ethyl adjacent to an activating group) is 1. The zero-order valence-corrected chi connectivity index (χ0v) is 18.5. The van der Waals surface area contributed by atoms with Crippen molar-refractivity contribution in [2.45, 2.75) is 45.2 Å². The summed E-state index contributed by atoms with van der Waals surface area (Å²) in [7, 11) is 2.12. The first kappa shape index (κ1) is 20.6. The van der Waals surface area contributed by atoms with Crippen LogP contribution in [-0.4, -0.2) is 80.3 Å². The van der Waals surface area contributed by atoms with Crippen molar-refractivity contribution in [3.63, 3.8) is 0 Å². The highest BCUT2D eigenvalue weighted by Crippen LogP contribution is 2.34. The van der Waals surface area contributed by atoms with Gasteiger partial charge in [-0.2, -0.15) is 0 Å². The molecule has 1 N–H and O–H groups in total. The van der Waals surface area contributed by atoms with Crippen molar-refractivity contribution in [2.24, 2.45) is 0 Å². The Balaban J connectivity index is 1.61. The molecule has 0 aliphatic carbocycles. The topological polar surface area (TPSA) is 48.0 Å². The predicted molar refractivity (Wildman–Crippen MR) is 115 cm³/mol. The average Bonchev–Trinajstić information content (AvgIpc) is 2.72. The molecule has 0 unspecified atom stereocenters. The molecular weight excluding hydrogens is 364 g/mol. The van der Waals surface area contributed by atoms with E-state index in [1.807, 2.05) is 4.90 Å². The van der Waals surface area contributed by atoms with Crippen LogP contribution in [-0.2, 0) is 23.1 Å². The van der Waals surface area contributed by atoms with E-state index in [1.54, 1.807) is 0 Å². The Morgan fingerprint density at radius 2 is 1.86 bits per heavy atom. The fourth-order valence-electron chi connectivity index (χ4n) is 4.57. The molecule has 0 saturated carbocycles. The van der Waals surface area contributed by atoms with Gasteiger partial charge in [0.05, 0.1) is 19.3 Å². The second-order valence-corrected chi connectivity index (χ2v) is 9.78. The number of nitrogens with zero attached hydrogens (tertiary/aromatic N) is 3. The molecule has 160 valence electrons. The van der Waals surface area contributed by atoms with E-state index < -0.39 is 0 Å². The summed E-state index contributed by atoms with van der Waals surface area (Å²) in [5, 5.41) is 3.63. The summed E-state index contributed by atoms with van der Waals surface area (Å²) >= 11 is 0. The SMILES string of the molecule is CN1CCN(C(=O)N2CCc3cc(C(C)(C)C)cc([C@@H]4COCCN4)c3C2)CC1. The Hall–Kier alpha value is -1.63. The molecule has 3 heterocycles. The lowest BCUT2D eigenvalue weighted by molar-refractivity contribution is 0.0760. The van der Waals surface area contributed by atoms with Crippen LogP contribution in [0.1, 0.15) is 49.1 Å². The minimum atomic E-state index is 0.103. The van der Waals surface area contributed by atoms with E-state index in [-0.39, 0.29) is 17.5 Å². The lowest BCUT2D eigenvalue weighted by Crippen LogP contribution is -2.52. The van der Waals surface area contributed by atoms with Crippen LogP contribution in [0.25, 0.3) is 0 Å². The minimum absolute atomic E-state index is 0.103. The van der Waals surface area contributed by atoms with Crippen LogP contribution in [0.15, 0.2) is 12.1 Å². The minimum Gasteiger partial charge on any atom is -0.378 e. The Kier molecular flexibility index (Phi) is 5.87. The molecular formula is C23H36N4O2. The number of rotatable bonds is 1.